The number of hydrogen-bond acceptors (Lipinski definition) is 4. The van der Waals surface area contributed by atoms with Gasteiger partial charge in [0.2, 0.25) is 0 Å². The van der Waals surface area contributed by atoms with Crippen LogP contribution in [-0.4, -0.2) is 35.6 Å². The minimum absolute atomic E-state index is 0.248. The minimum atomic E-state index is -0.248. The van der Waals surface area contributed by atoms with Crippen molar-refractivity contribution in [3.8, 4) is 0 Å². The van der Waals surface area contributed by atoms with Crippen LogP contribution in [0.5, 0.6) is 0 Å². The number of ether oxygens (including phenoxy) is 2. The predicted octanol–water partition coefficient (Wildman–Crippen LogP) is 3.30. The molecule has 1 aliphatic heterocycles. The van der Waals surface area contributed by atoms with Crippen molar-refractivity contribution in [3.63, 3.8) is 0 Å². The van der Waals surface area contributed by atoms with Crippen LogP contribution in [0.4, 0.5) is 0 Å². The number of aromatic nitrogens is 2. The SMILES string of the molecule is Cc1c(C(=O)OC[C@@H]2CC=CC[C@H]2C)cnn1C1CCOCC1. The van der Waals surface area contributed by atoms with Crippen LogP contribution in [0, 0.1) is 18.8 Å². The van der Waals surface area contributed by atoms with E-state index in [0.29, 0.717) is 30.0 Å². The molecule has 0 radical (unpaired) electrons. The van der Waals surface area contributed by atoms with Crippen LogP contribution in [0.25, 0.3) is 0 Å². The maximum Gasteiger partial charge on any atom is 0.341 e. The van der Waals surface area contributed by atoms with Gasteiger partial charge in [-0.05, 0) is 44.4 Å². The number of esters is 1. The van der Waals surface area contributed by atoms with E-state index in [1.165, 1.54) is 0 Å². The molecular weight excluding hydrogens is 292 g/mol. The lowest BCUT2D eigenvalue weighted by Gasteiger charge is -2.25. The maximum absolute atomic E-state index is 12.4. The molecule has 0 N–H and O–H groups in total. The third kappa shape index (κ3) is 3.66. The molecule has 0 saturated carbocycles. The Kier molecular flexibility index (Phi) is 5.16. The quantitative estimate of drug-likeness (QED) is 0.631. The van der Waals surface area contributed by atoms with E-state index in [1.807, 2.05) is 11.6 Å². The van der Waals surface area contributed by atoms with Crippen molar-refractivity contribution in [2.45, 2.75) is 45.6 Å². The van der Waals surface area contributed by atoms with Crippen LogP contribution >= 0.6 is 0 Å². The molecule has 3 rings (SSSR count). The second-order valence-corrected chi connectivity index (χ2v) is 6.71. The molecule has 0 aromatic carbocycles. The van der Waals surface area contributed by atoms with E-state index in [0.717, 1.165) is 44.6 Å². The van der Waals surface area contributed by atoms with Crippen LogP contribution in [0.3, 0.4) is 0 Å². The van der Waals surface area contributed by atoms with E-state index < -0.39 is 0 Å². The van der Waals surface area contributed by atoms with Gasteiger partial charge in [0.1, 0.15) is 5.56 Å². The molecule has 0 spiro atoms. The largest absolute Gasteiger partial charge is 0.462 e. The van der Waals surface area contributed by atoms with Crippen LogP contribution in [0.15, 0.2) is 18.3 Å². The van der Waals surface area contributed by atoms with Crippen molar-refractivity contribution >= 4 is 5.97 Å². The van der Waals surface area contributed by atoms with Gasteiger partial charge in [0.05, 0.1) is 24.5 Å². The molecule has 0 unspecified atom stereocenters. The average Bonchev–Trinajstić information content (AvgIpc) is 2.96. The van der Waals surface area contributed by atoms with Crippen LogP contribution in [0.2, 0.25) is 0 Å². The standard InChI is InChI=1S/C18H26N2O3/c1-13-5-3-4-6-15(13)12-23-18(21)17-11-19-20(14(17)2)16-7-9-22-10-8-16/h3-4,11,13,15-16H,5-10,12H2,1-2H3/t13-,15+/m1/s1. The fourth-order valence-corrected chi connectivity index (χ4v) is 3.42. The fraction of sp³-hybridized carbons (Fsp3) is 0.667. The van der Waals surface area contributed by atoms with E-state index in [4.69, 9.17) is 9.47 Å². The number of nitrogens with zero attached hydrogens (tertiary/aromatic N) is 2. The summed E-state index contributed by atoms with van der Waals surface area (Å²) in [5, 5.41) is 4.42. The van der Waals surface area contributed by atoms with Gasteiger partial charge in [-0.1, -0.05) is 19.1 Å². The second kappa shape index (κ2) is 7.30. The Balaban J connectivity index is 1.61. The third-order valence-electron chi connectivity index (χ3n) is 5.15. The molecule has 2 atom stereocenters. The minimum Gasteiger partial charge on any atom is -0.462 e. The summed E-state index contributed by atoms with van der Waals surface area (Å²) in [6.07, 6.45) is 10.0. The molecule has 1 fully saturated rings. The molecule has 1 aromatic heterocycles. The molecule has 0 amide bonds. The fourth-order valence-electron chi connectivity index (χ4n) is 3.42. The molecule has 2 aliphatic rings. The summed E-state index contributed by atoms with van der Waals surface area (Å²) in [6.45, 7) is 6.18. The first-order valence-corrected chi connectivity index (χ1v) is 8.60. The normalized spacial score (nSPS) is 25.5. The first-order valence-electron chi connectivity index (χ1n) is 8.60. The monoisotopic (exact) mass is 318 g/mol. The lowest BCUT2D eigenvalue weighted by Crippen LogP contribution is -2.23. The van der Waals surface area contributed by atoms with Crippen molar-refractivity contribution in [2.24, 2.45) is 11.8 Å². The van der Waals surface area contributed by atoms with Gasteiger partial charge in [0.15, 0.2) is 0 Å². The molecule has 23 heavy (non-hydrogen) atoms. The number of allylic oxidation sites excluding steroid dienone is 2. The molecule has 2 heterocycles. The number of hydrogen-bond donors (Lipinski definition) is 0. The first-order chi connectivity index (χ1) is 11.2. The van der Waals surface area contributed by atoms with Crippen molar-refractivity contribution in [3.05, 3.63) is 29.6 Å². The van der Waals surface area contributed by atoms with Gasteiger partial charge in [-0.3, -0.25) is 4.68 Å². The lowest BCUT2D eigenvalue weighted by molar-refractivity contribution is 0.0393. The average molecular weight is 318 g/mol. The van der Waals surface area contributed by atoms with E-state index in [2.05, 4.69) is 24.2 Å². The highest BCUT2D eigenvalue weighted by Crippen LogP contribution is 2.26. The molecule has 1 saturated heterocycles. The summed E-state index contributed by atoms with van der Waals surface area (Å²) in [6, 6.07) is 0.328. The number of carbonyl (C=O) groups is 1. The second-order valence-electron chi connectivity index (χ2n) is 6.71. The Labute approximate surface area is 137 Å². The van der Waals surface area contributed by atoms with Gasteiger partial charge in [0.25, 0.3) is 0 Å². The van der Waals surface area contributed by atoms with Gasteiger partial charge in [-0.2, -0.15) is 5.10 Å². The van der Waals surface area contributed by atoms with E-state index in [1.54, 1.807) is 6.20 Å². The molecular formula is C18H26N2O3. The maximum atomic E-state index is 12.4. The van der Waals surface area contributed by atoms with Gasteiger partial charge in [-0.25, -0.2) is 4.79 Å². The summed E-state index contributed by atoms with van der Waals surface area (Å²) in [5.74, 6) is 0.746. The highest BCUT2D eigenvalue weighted by Gasteiger charge is 2.24. The van der Waals surface area contributed by atoms with Crippen LogP contribution in [-0.2, 0) is 9.47 Å². The molecule has 5 nitrogen and oxygen atoms in total. The zero-order valence-electron chi connectivity index (χ0n) is 14.0. The zero-order valence-corrected chi connectivity index (χ0v) is 14.0. The summed E-state index contributed by atoms with van der Waals surface area (Å²) in [5.41, 5.74) is 1.49. The van der Waals surface area contributed by atoms with Gasteiger partial charge >= 0.3 is 5.97 Å². The predicted molar refractivity (Wildman–Crippen MR) is 87.4 cm³/mol. The Hall–Kier alpha value is -1.62. The van der Waals surface area contributed by atoms with Gasteiger partial charge in [-0.15, -0.1) is 0 Å². The van der Waals surface area contributed by atoms with Crippen LogP contribution < -0.4 is 0 Å². The smallest absolute Gasteiger partial charge is 0.341 e. The van der Waals surface area contributed by atoms with Crippen molar-refractivity contribution in [1.29, 1.82) is 0 Å². The van der Waals surface area contributed by atoms with E-state index in [-0.39, 0.29) is 5.97 Å². The van der Waals surface area contributed by atoms with Crippen molar-refractivity contribution in [1.82, 2.24) is 9.78 Å². The lowest BCUT2D eigenvalue weighted by atomic mass is 9.85. The molecule has 0 bridgehead atoms. The Morgan fingerprint density at radius 1 is 1.35 bits per heavy atom. The molecule has 126 valence electrons. The van der Waals surface area contributed by atoms with Crippen molar-refractivity contribution in [2.75, 3.05) is 19.8 Å². The topological polar surface area (TPSA) is 53.3 Å². The summed E-state index contributed by atoms with van der Waals surface area (Å²) in [4.78, 5) is 12.4. The highest BCUT2D eigenvalue weighted by atomic mass is 16.5. The van der Waals surface area contributed by atoms with Gasteiger partial charge in [0, 0.05) is 13.2 Å². The number of carbonyl (C=O) groups excluding carboxylic acids is 1. The molecule has 1 aliphatic carbocycles. The summed E-state index contributed by atoms with van der Waals surface area (Å²) >= 11 is 0. The van der Waals surface area contributed by atoms with E-state index in [9.17, 15) is 4.79 Å². The molecule has 1 aromatic rings. The first kappa shape index (κ1) is 16.2. The Morgan fingerprint density at radius 3 is 2.83 bits per heavy atom. The molecule has 5 heteroatoms. The zero-order chi connectivity index (χ0) is 16.2. The van der Waals surface area contributed by atoms with E-state index >= 15 is 0 Å². The number of rotatable bonds is 4. The highest BCUT2D eigenvalue weighted by molar-refractivity contribution is 5.90. The van der Waals surface area contributed by atoms with Crippen molar-refractivity contribution < 1.29 is 14.3 Å². The Bertz CT molecular complexity index is 573. The summed E-state index contributed by atoms with van der Waals surface area (Å²) < 4.78 is 12.9. The summed E-state index contributed by atoms with van der Waals surface area (Å²) in [7, 11) is 0. The van der Waals surface area contributed by atoms with Crippen LogP contribution in [0.1, 0.15) is 54.7 Å². The Morgan fingerprint density at radius 2 is 2.09 bits per heavy atom. The van der Waals surface area contributed by atoms with Gasteiger partial charge < -0.3 is 9.47 Å². The third-order valence-corrected chi connectivity index (χ3v) is 5.15.